The Balaban J connectivity index is 1.79. The van der Waals surface area contributed by atoms with Crippen LogP contribution in [0.3, 0.4) is 0 Å². The van der Waals surface area contributed by atoms with Crippen molar-refractivity contribution in [3.05, 3.63) is 69.7 Å². The van der Waals surface area contributed by atoms with Gasteiger partial charge in [0.2, 0.25) is 5.91 Å². The molecule has 0 bridgehead atoms. The summed E-state index contributed by atoms with van der Waals surface area (Å²) in [6.45, 7) is -0.0622. The van der Waals surface area contributed by atoms with Gasteiger partial charge in [0.25, 0.3) is 0 Å². The smallest absolute Gasteiger partial charge is 0.249 e. The molecular weight excluding hydrogens is 397 g/mol. The van der Waals surface area contributed by atoms with Crippen LogP contribution in [0, 0.1) is 5.92 Å². The zero-order chi connectivity index (χ0) is 19.7. The monoisotopic (exact) mass is 419 g/mol. The van der Waals surface area contributed by atoms with Gasteiger partial charge in [-0.25, -0.2) is 0 Å². The van der Waals surface area contributed by atoms with Crippen LogP contribution in [0.25, 0.3) is 0 Å². The summed E-state index contributed by atoms with van der Waals surface area (Å²) in [6.07, 6.45) is 2.84. The molecule has 2 aromatic rings. The van der Waals surface area contributed by atoms with Crippen LogP contribution in [-0.2, 0) is 9.53 Å². The number of aliphatic hydroxyl groups excluding tert-OH is 1. The number of rotatable bonds is 5. The molecule has 1 amide bonds. The van der Waals surface area contributed by atoms with Gasteiger partial charge in [-0.2, -0.15) is 0 Å². The number of aliphatic hydroxyl groups is 1. The van der Waals surface area contributed by atoms with Gasteiger partial charge in [-0.05, 0) is 54.2 Å². The third kappa shape index (κ3) is 3.79. The molecular formula is C22H23Cl2NO3. The molecule has 3 atom stereocenters. The van der Waals surface area contributed by atoms with E-state index in [1.807, 2.05) is 53.4 Å². The molecule has 2 aliphatic rings. The maximum atomic E-state index is 13.0. The predicted octanol–water partition coefficient (Wildman–Crippen LogP) is 4.80. The largest absolute Gasteiger partial charge is 0.394 e. The van der Waals surface area contributed by atoms with Crippen molar-refractivity contribution in [2.24, 2.45) is 5.92 Å². The van der Waals surface area contributed by atoms with E-state index in [4.69, 9.17) is 27.9 Å². The Bertz CT molecular complexity index is 838. The highest BCUT2D eigenvalue weighted by Gasteiger charge is 2.45. The minimum absolute atomic E-state index is 0.00943. The summed E-state index contributed by atoms with van der Waals surface area (Å²) in [5, 5.41) is 11.4. The highest BCUT2D eigenvalue weighted by atomic mass is 35.5. The summed E-state index contributed by atoms with van der Waals surface area (Å²) >= 11 is 12.3. The number of carbonyl (C=O) groups excluding carboxylic acids is 1. The van der Waals surface area contributed by atoms with Crippen molar-refractivity contribution in [2.75, 3.05) is 13.2 Å². The average Bonchev–Trinajstić information content (AvgIpc) is 2.65. The Kier molecular flexibility index (Phi) is 5.93. The number of nitrogens with zero attached hydrogens (tertiary/aromatic N) is 1. The second-order valence-electron chi connectivity index (χ2n) is 7.52. The Morgan fingerprint density at radius 1 is 1.07 bits per heavy atom. The van der Waals surface area contributed by atoms with Crippen molar-refractivity contribution in [1.29, 1.82) is 0 Å². The Morgan fingerprint density at radius 3 is 2.43 bits per heavy atom. The van der Waals surface area contributed by atoms with Crippen molar-refractivity contribution >= 4 is 29.1 Å². The van der Waals surface area contributed by atoms with E-state index in [9.17, 15) is 9.90 Å². The van der Waals surface area contributed by atoms with Crippen LogP contribution in [0.1, 0.15) is 42.5 Å². The van der Waals surface area contributed by atoms with Crippen molar-refractivity contribution in [1.82, 2.24) is 4.90 Å². The maximum absolute atomic E-state index is 13.0. The lowest BCUT2D eigenvalue weighted by molar-refractivity contribution is -0.169. The van der Waals surface area contributed by atoms with Crippen LogP contribution in [-0.4, -0.2) is 35.2 Å². The molecule has 0 radical (unpaired) electrons. The molecule has 2 aromatic carbocycles. The molecule has 1 saturated carbocycles. The van der Waals surface area contributed by atoms with E-state index in [0.717, 1.165) is 30.4 Å². The highest BCUT2D eigenvalue weighted by molar-refractivity contribution is 6.30. The standard InChI is InChI=1S/C22H23Cl2NO3/c23-17-9-7-15(8-10-17)21-22(16-5-2-6-18(24)11-16)28-13-20(27)25(21)19(12-26)14-3-1-4-14/h2,5-11,14,19,21-22,26H,1,3-4,12-13H2. The lowest BCUT2D eigenvalue weighted by Crippen LogP contribution is -2.55. The predicted molar refractivity (Wildman–Crippen MR) is 109 cm³/mol. The number of morpholine rings is 1. The SMILES string of the molecule is O=C1COC(c2cccc(Cl)c2)C(c2ccc(Cl)cc2)N1C(CO)C1CCC1. The molecule has 1 heterocycles. The van der Waals surface area contributed by atoms with Crippen LogP contribution < -0.4 is 0 Å². The molecule has 3 unspecified atom stereocenters. The fourth-order valence-corrected chi connectivity index (χ4v) is 4.59. The summed E-state index contributed by atoms with van der Waals surface area (Å²) < 4.78 is 6.02. The van der Waals surface area contributed by atoms with Gasteiger partial charge in [-0.15, -0.1) is 0 Å². The van der Waals surface area contributed by atoms with Crippen LogP contribution >= 0.6 is 23.2 Å². The van der Waals surface area contributed by atoms with Crippen LogP contribution in [0.2, 0.25) is 10.0 Å². The minimum Gasteiger partial charge on any atom is -0.394 e. The summed E-state index contributed by atoms with van der Waals surface area (Å²) in [5.74, 6) is 0.228. The zero-order valence-corrected chi connectivity index (χ0v) is 16.9. The van der Waals surface area contributed by atoms with Gasteiger partial charge in [0.05, 0.1) is 18.7 Å². The Labute approximate surface area is 175 Å². The van der Waals surface area contributed by atoms with E-state index >= 15 is 0 Å². The molecule has 2 fully saturated rings. The first-order valence-corrected chi connectivity index (χ1v) is 10.4. The van der Waals surface area contributed by atoms with E-state index in [1.54, 1.807) is 0 Å². The molecule has 1 N–H and O–H groups in total. The molecule has 1 aliphatic carbocycles. The van der Waals surface area contributed by atoms with E-state index in [0.29, 0.717) is 16.0 Å². The van der Waals surface area contributed by atoms with Gasteiger partial charge >= 0.3 is 0 Å². The normalized spacial score (nSPS) is 24.1. The first-order chi connectivity index (χ1) is 13.6. The van der Waals surface area contributed by atoms with Crippen LogP contribution in [0.15, 0.2) is 48.5 Å². The van der Waals surface area contributed by atoms with Crippen molar-refractivity contribution in [2.45, 2.75) is 37.5 Å². The summed E-state index contributed by atoms with van der Waals surface area (Å²) in [4.78, 5) is 14.8. The molecule has 6 heteroatoms. The molecule has 0 aromatic heterocycles. The van der Waals surface area contributed by atoms with E-state index in [2.05, 4.69) is 0 Å². The average molecular weight is 420 g/mol. The Morgan fingerprint density at radius 2 is 1.82 bits per heavy atom. The second-order valence-corrected chi connectivity index (χ2v) is 8.40. The lowest BCUT2D eigenvalue weighted by Gasteiger charge is -2.49. The van der Waals surface area contributed by atoms with E-state index in [1.165, 1.54) is 0 Å². The third-order valence-corrected chi connectivity index (χ3v) is 6.37. The third-order valence-electron chi connectivity index (χ3n) is 5.89. The topological polar surface area (TPSA) is 49.8 Å². The van der Waals surface area contributed by atoms with Gasteiger partial charge in [-0.3, -0.25) is 4.79 Å². The summed E-state index contributed by atoms with van der Waals surface area (Å²) in [6, 6.07) is 14.5. The molecule has 28 heavy (non-hydrogen) atoms. The number of halogens is 2. The number of hydrogen-bond acceptors (Lipinski definition) is 3. The van der Waals surface area contributed by atoms with Crippen molar-refractivity contribution in [3.63, 3.8) is 0 Å². The summed E-state index contributed by atoms with van der Waals surface area (Å²) in [5.41, 5.74) is 1.84. The molecule has 4 nitrogen and oxygen atoms in total. The fraction of sp³-hybridized carbons (Fsp3) is 0.409. The number of hydrogen-bond donors (Lipinski definition) is 1. The molecule has 4 rings (SSSR count). The molecule has 1 saturated heterocycles. The quantitative estimate of drug-likeness (QED) is 0.757. The zero-order valence-electron chi connectivity index (χ0n) is 15.4. The molecule has 1 aliphatic heterocycles. The van der Waals surface area contributed by atoms with Gasteiger partial charge in [-0.1, -0.05) is 53.9 Å². The fourth-order valence-electron chi connectivity index (χ4n) is 4.27. The number of ether oxygens (including phenoxy) is 1. The number of carbonyl (C=O) groups is 1. The molecule has 0 spiro atoms. The number of benzene rings is 2. The highest BCUT2D eigenvalue weighted by Crippen LogP contribution is 2.45. The van der Waals surface area contributed by atoms with E-state index < -0.39 is 0 Å². The van der Waals surface area contributed by atoms with Gasteiger partial charge < -0.3 is 14.7 Å². The maximum Gasteiger partial charge on any atom is 0.249 e. The van der Waals surface area contributed by atoms with Gasteiger partial charge in [0.15, 0.2) is 0 Å². The summed E-state index contributed by atoms with van der Waals surface area (Å²) in [7, 11) is 0. The van der Waals surface area contributed by atoms with Crippen molar-refractivity contribution < 1.29 is 14.6 Å². The van der Waals surface area contributed by atoms with Crippen LogP contribution in [0.5, 0.6) is 0 Å². The first kappa shape index (κ1) is 19.7. The minimum atomic E-state index is -0.369. The molecule has 148 valence electrons. The van der Waals surface area contributed by atoms with Gasteiger partial charge in [0.1, 0.15) is 12.7 Å². The van der Waals surface area contributed by atoms with Crippen LogP contribution in [0.4, 0.5) is 0 Å². The lowest BCUT2D eigenvalue weighted by atomic mass is 9.78. The van der Waals surface area contributed by atoms with Crippen molar-refractivity contribution in [3.8, 4) is 0 Å². The Hall–Kier alpha value is -1.59. The second kappa shape index (κ2) is 8.42. The van der Waals surface area contributed by atoms with E-state index in [-0.39, 0.29) is 37.3 Å². The first-order valence-electron chi connectivity index (χ1n) is 9.63. The van der Waals surface area contributed by atoms with Gasteiger partial charge in [0, 0.05) is 10.0 Å². The number of amides is 1.